The lowest BCUT2D eigenvalue weighted by molar-refractivity contribution is 0.297. The van der Waals surface area contributed by atoms with E-state index in [1.54, 1.807) is 12.1 Å². The van der Waals surface area contributed by atoms with Crippen molar-refractivity contribution < 1.29 is 8.42 Å². The highest BCUT2D eigenvalue weighted by molar-refractivity contribution is 7.89. The van der Waals surface area contributed by atoms with E-state index in [4.69, 9.17) is 5.73 Å². The van der Waals surface area contributed by atoms with Crippen LogP contribution in [0, 0.1) is 12.8 Å². The van der Waals surface area contributed by atoms with Crippen LogP contribution in [0.25, 0.3) is 0 Å². The van der Waals surface area contributed by atoms with Gasteiger partial charge >= 0.3 is 0 Å². The molecule has 0 saturated heterocycles. The third-order valence-electron chi connectivity index (χ3n) is 4.25. The minimum atomic E-state index is -3.46. The molecule has 0 aliphatic heterocycles. The Kier molecular flexibility index (Phi) is 5.27. The van der Waals surface area contributed by atoms with Crippen molar-refractivity contribution >= 4 is 15.7 Å². The van der Waals surface area contributed by atoms with Gasteiger partial charge in [0.15, 0.2) is 0 Å². The molecule has 0 atom stereocenters. The van der Waals surface area contributed by atoms with E-state index < -0.39 is 10.0 Å². The standard InChI is InChI=1S/C16H26N2O2S/c1-3-4-13-5-7-15(8-6-13)18-21(19,20)16-10-12(2)9-14(17)11-16/h9-11,13,15,18H,3-8,17H2,1-2H3. The zero-order valence-electron chi connectivity index (χ0n) is 12.9. The van der Waals surface area contributed by atoms with E-state index in [-0.39, 0.29) is 10.9 Å². The third-order valence-corrected chi connectivity index (χ3v) is 5.75. The second-order valence-electron chi connectivity index (χ2n) is 6.21. The van der Waals surface area contributed by atoms with Crippen molar-refractivity contribution in [1.82, 2.24) is 4.72 Å². The maximum atomic E-state index is 12.4. The molecule has 1 aromatic carbocycles. The number of nitrogens with two attached hydrogens (primary N) is 1. The Morgan fingerprint density at radius 1 is 1.19 bits per heavy atom. The van der Waals surface area contributed by atoms with E-state index in [1.807, 2.05) is 6.92 Å². The molecule has 0 radical (unpaired) electrons. The molecule has 0 amide bonds. The van der Waals surface area contributed by atoms with Gasteiger partial charge in [0.2, 0.25) is 10.0 Å². The molecule has 2 rings (SSSR count). The molecule has 118 valence electrons. The van der Waals surface area contributed by atoms with Crippen LogP contribution < -0.4 is 10.5 Å². The van der Waals surface area contributed by atoms with Crippen molar-refractivity contribution in [2.75, 3.05) is 5.73 Å². The molecule has 1 aliphatic rings. The summed E-state index contributed by atoms with van der Waals surface area (Å²) in [5.41, 5.74) is 7.10. The Morgan fingerprint density at radius 2 is 1.86 bits per heavy atom. The average Bonchev–Trinajstić information content (AvgIpc) is 2.40. The predicted octanol–water partition coefficient (Wildman–Crippen LogP) is 3.21. The molecule has 1 aromatic rings. The van der Waals surface area contributed by atoms with Crippen molar-refractivity contribution in [3.05, 3.63) is 23.8 Å². The van der Waals surface area contributed by atoms with Gasteiger partial charge in [-0.15, -0.1) is 0 Å². The largest absolute Gasteiger partial charge is 0.399 e. The fraction of sp³-hybridized carbons (Fsp3) is 0.625. The average molecular weight is 310 g/mol. The summed E-state index contributed by atoms with van der Waals surface area (Å²) in [5, 5.41) is 0. The fourth-order valence-electron chi connectivity index (χ4n) is 3.20. The Balaban J connectivity index is 2.02. The Morgan fingerprint density at radius 3 is 2.43 bits per heavy atom. The second kappa shape index (κ2) is 6.79. The zero-order chi connectivity index (χ0) is 15.5. The molecular weight excluding hydrogens is 284 g/mol. The lowest BCUT2D eigenvalue weighted by Gasteiger charge is -2.28. The lowest BCUT2D eigenvalue weighted by atomic mass is 9.84. The molecule has 0 unspecified atom stereocenters. The van der Waals surface area contributed by atoms with Crippen molar-refractivity contribution in [1.29, 1.82) is 0 Å². The number of anilines is 1. The number of nitrogens with one attached hydrogen (secondary N) is 1. The quantitative estimate of drug-likeness (QED) is 0.820. The van der Waals surface area contributed by atoms with Crippen LogP contribution in [-0.4, -0.2) is 14.5 Å². The number of nitrogen functional groups attached to an aromatic ring is 1. The highest BCUT2D eigenvalue weighted by Gasteiger charge is 2.25. The van der Waals surface area contributed by atoms with Crippen LogP contribution >= 0.6 is 0 Å². The summed E-state index contributed by atoms with van der Waals surface area (Å²) < 4.78 is 27.7. The number of hydrogen-bond donors (Lipinski definition) is 2. The van der Waals surface area contributed by atoms with Gasteiger partial charge in [0.1, 0.15) is 0 Å². The van der Waals surface area contributed by atoms with Crippen LogP contribution in [0.1, 0.15) is 51.0 Å². The molecular formula is C16H26N2O2S. The molecule has 4 nitrogen and oxygen atoms in total. The first kappa shape index (κ1) is 16.3. The van der Waals surface area contributed by atoms with E-state index in [2.05, 4.69) is 11.6 Å². The van der Waals surface area contributed by atoms with Gasteiger partial charge in [0.05, 0.1) is 4.90 Å². The monoisotopic (exact) mass is 310 g/mol. The zero-order valence-corrected chi connectivity index (χ0v) is 13.7. The van der Waals surface area contributed by atoms with Gasteiger partial charge in [-0.05, 0) is 62.3 Å². The smallest absolute Gasteiger partial charge is 0.240 e. The van der Waals surface area contributed by atoms with Gasteiger partial charge in [-0.1, -0.05) is 19.8 Å². The molecule has 1 aliphatic carbocycles. The highest BCUT2D eigenvalue weighted by atomic mass is 32.2. The second-order valence-corrected chi connectivity index (χ2v) is 7.92. The first-order valence-corrected chi connectivity index (χ1v) is 9.28. The van der Waals surface area contributed by atoms with Crippen LogP contribution in [0.4, 0.5) is 5.69 Å². The van der Waals surface area contributed by atoms with E-state index in [0.29, 0.717) is 5.69 Å². The summed E-state index contributed by atoms with van der Waals surface area (Å²) in [4.78, 5) is 0.274. The summed E-state index contributed by atoms with van der Waals surface area (Å²) in [5.74, 6) is 0.769. The lowest BCUT2D eigenvalue weighted by Crippen LogP contribution is -2.37. The van der Waals surface area contributed by atoms with Gasteiger partial charge in [-0.25, -0.2) is 13.1 Å². The summed E-state index contributed by atoms with van der Waals surface area (Å²) >= 11 is 0. The van der Waals surface area contributed by atoms with Crippen molar-refractivity contribution in [3.63, 3.8) is 0 Å². The van der Waals surface area contributed by atoms with Gasteiger partial charge in [0, 0.05) is 11.7 Å². The van der Waals surface area contributed by atoms with Crippen molar-refractivity contribution in [3.8, 4) is 0 Å². The number of benzene rings is 1. The molecule has 21 heavy (non-hydrogen) atoms. The molecule has 0 spiro atoms. The molecule has 0 aromatic heterocycles. The van der Waals surface area contributed by atoms with Crippen LogP contribution in [0.3, 0.4) is 0 Å². The predicted molar refractivity (Wildman–Crippen MR) is 86.6 cm³/mol. The number of aryl methyl sites for hydroxylation is 1. The highest BCUT2D eigenvalue weighted by Crippen LogP contribution is 2.28. The summed E-state index contributed by atoms with van der Waals surface area (Å²) in [6.07, 6.45) is 6.59. The number of hydrogen-bond acceptors (Lipinski definition) is 3. The van der Waals surface area contributed by atoms with Crippen molar-refractivity contribution in [2.45, 2.75) is 63.3 Å². The van der Waals surface area contributed by atoms with Gasteiger partial charge in [-0.3, -0.25) is 0 Å². The Hall–Kier alpha value is -1.07. The number of sulfonamides is 1. The molecule has 1 fully saturated rings. The molecule has 3 N–H and O–H groups in total. The molecule has 5 heteroatoms. The Labute approximate surface area is 128 Å². The van der Waals surface area contributed by atoms with E-state index in [9.17, 15) is 8.42 Å². The van der Waals surface area contributed by atoms with E-state index in [0.717, 1.165) is 37.2 Å². The first-order chi connectivity index (χ1) is 9.90. The maximum absolute atomic E-state index is 12.4. The topological polar surface area (TPSA) is 72.2 Å². The summed E-state index contributed by atoms with van der Waals surface area (Å²) in [6.45, 7) is 4.06. The normalized spacial score (nSPS) is 23.1. The van der Waals surface area contributed by atoms with E-state index in [1.165, 1.54) is 18.9 Å². The van der Waals surface area contributed by atoms with Gasteiger partial charge in [0.25, 0.3) is 0 Å². The van der Waals surface area contributed by atoms with Crippen molar-refractivity contribution in [2.24, 2.45) is 5.92 Å². The van der Waals surface area contributed by atoms with Gasteiger partial charge < -0.3 is 5.73 Å². The maximum Gasteiger partial charge on any atom is 0.240 e. The first-order valence-electron chi connectivity index (χ1n) is 7.80. The van der Waals surface area contributed by atoms with Crippen LogP contribution in [0.5, 0.6) is 0 Å². The summed E-state index contributed by atoms with van der Waals surface area (Å²) in [6, 6.07) is 5.03. The van der Waals surface area contributed by atoms with Crippen LogP contribution in [0.2, 0.25) is 0 Å². The minimum absolute atomic E-state index is 0.0600. The molecule has 0 bridgehead atoms. The Bertz CT molecular complexity index is 556. The van der Waals surface area contributed by atoms with E-state index >= 15 is 0 Å². The third kappa shape index (κ3) is 4.45. The van der Waals surface area contributed by atoms with Crippen LogP contribution in [0.15, 0.2) is 23.1 Å². The number of rotatable bonds is 5. The molecule has 0 heterocycles. The fourth-order valence-corrected chi connectivity index (χ4v) is 4.64. The summed E-state index contributed by atoms with van der Waals surface area (Å²) in [7, 11) is -3.46. The minimum Gasteiger partial charge on any atom is -0.399 e. The van der Waals surface area contributed by atoms with Crippen LogP contribution in [-0.2, 0) is 10.0 Å². The van der Waals surface area contributed by atoms with Gasteiger partial charge in [-0.2, -0.15) is 0 Å². The SMILES string of the molecule is CCCC1CCC(NS(=O)(=O)c2cc(C)cc(N)c2)CC1. The molecule has 1 saturated carbocycles.